The normalized spacial score (nSPS) is 17.1. The van der Waals surface area contributed by atoms with Crippen LogP contribution in [0, 0.1) is 5.92 Å². The number of carboxylic acid groups (broad SMARTS) is 1. The fourth-order valence-electron chi connectivity index (χ4n) is 2.58. The van der Waals surface area contributed by atoms with Gasteiger partial charge in [-0.1, -0.05) is 13.8 Å². The van der Waals surface area contributed by atoms with Crippen molar-refractivity contribution in [1.82, 2.24) is 14.7 Å². The summed E-state index contributed by atoms with van der Waals surface area (Å²) in [6.07, 6.45) is 0. The summed E-state index contributed by atoms with van der Waals surface area (Å²) in [5.41, 5.74) is 0.105. The Morgan fingerprint density at radius 2 is 1.67 bits per heavy atom. The van der Waals surface area contributed by atoms with E-state index in [0.717, 1.165) is 13.1 Å². The molecule has 21 heavy (non-hydrogen) atoms. The van der Waals surface area contributed by atoms with Gasteiger partial charge in [0.1, 0.15) is 6.54 Å². The quantitative estimate of drug-likeness (QED) is 0.856. The molecule has 0 spiro atoms. The summed E-state index contributed by atoms with van der Waals surface area (Å²) < 4.78 is 0. The average Bonchev–Trinajstić information content (AvgIpc) is 2.35. The van der Waals surface area contributed by atoms with Crippen molar-refractivity contribution >= 4 is 12.0 Å². The third-order valence-electron chi connectivity index (χ3n) is 3.68. The van der Waals surface area contributed by atoms with Crippen molar-refractivity contribution in [3.05, 3.63) is 0 Å². The summed E-state index contributed by atoms with van der Waals surface area (Å²) >= 11 is 0. The van der Waals surface area contributed by atoms with Crippen LogP contribution in [0.2, 0.25) is 0 Å². The Morgan fingerprint density at radius 3 is 2.05 bits per heavy atom. The lowest BCUT2D eigenvalue weighted by Crippen LogP contribution is -2.57. The van der Waals surface area contributed by atoms with Crippen LogP contribution in [0.15, 0.2) is 0 Å². The number of aliphatic carboxylic acids is 1. The van der Waals surface area contributed by atoms with E-state index in [1.807, 2.05) is 13.8 Å². The first-order valence-electron chi connectivity index (χ1n) is 7.62. The zero-order valence-corrected chi connectivity index (χ0v) is 13.9. The molecule has 1 heterocycles. The van der Waals surface area contributed by atoms with Crippen molar-refractivity contribution in [1.29, 1.82) is 0 Å². The van der Waals surface area contributed by atoms with Crippen LogP contribution in [0.1, 0.15) is 34.6 Å². The molecule has 0 aromatic heterocycles. The summed E-state index contributed by atoms with van der Waals surface area (Å²) in [5, 5.41) is 8.97. The van der Waals surface area contributed by atoms with E-state index in [2.05, 4.69) is 25.7 Å². The maximum atomic E-state index is 12.5. The van der Waals surface area contributed by atoms with Gasteiger partial charge >= 0.3 is 12.0 Å². The second-order valence-corrected chi connectivity index (χ2v) is 7.10. The maximum Gasteiger partial charge on any atom is 0.323 e. The van der Waals surface area contributed by atoms with Crippen LogP contribution in [0.3, 0.4) is 0 Å². The molecular formula is C15H29N3O3. The Bertz CT molecular complexity index is 369. The Labute approximate surface area is 127 Å². The zero-order chi connectivity index (χ0) is 16.2. The van der Waals surface area contributed by atoms with Crippen molar-refractivity contribution in [2.24, 2.45) is 5.92 Å². The fraction of sp³-hybridized carbons (Fsp3) is 0.867. The Morgan fingerprint density at radius 1 is 1.14 bits per heavy atom. The highest BCUT2D eigenvalue weighted by Gasteiger charge is 2.30. The SMILES string of the molecule is CC(C)CN(CC(=O)O)C(=O)N1CCN(C(C)(C)C)CC1. The van der Waals surface area contributed by atoms with Gasteiger partial charge in [-0.25, -0.2) is 4.79 Å². The van der Waals surface area contributed by atoms with Gasteiger partial charge in [-0.2, -0.15) is 0 Å². The first kappa shape index (κ1) is 17.8. The van der Waals surface area contributed by atoms with Gasteiger partial charge in [0.25, 0.3) is 0 Å². The van der Waals surface area contributed by atoms with Gasteiger partial charge in [0.05, 0.1) is 0 Å². The monoisotopic (exact) mass is 299 g/mol. The number of rotatable bonds is 4. The van der Waals surface area contributed by atoms with Crippen LogP contribution >= 0.6 is 0 Å². The summed E-state index contributed by atoms with van der Waals surface area (Å²) in [5.74, 6) is -0.707. The van der Waals surface area contributed by atoms with Crippen LogP contribution in [-0.2, 0) is 4.79 Å². The molecule has 1 aliphatic rings. The molecule has 1 aliphatic heterocycles. The Hall–Kier alpha value is -1.30. The van der Waals surface area contributed by atoms with Gasteiger partial charge in [0, 0.05) is 38.3 Å². The largest absolute Gasteiger partial charge is 0.480 e. The minimum atomic E-state index is -0.961. The van der Waals surface area contributed by atoms with Gasteiger partial charge in [0.2, 0.25) is 0 Å². The van der Waals surface area contributed by atoms with Crippen LogP contribution in [0.25, 0.3) is 0 Å². The molecule has 1 rings (SSSR count). The minimum absolute atomic E-state index is 0.105. The predicted octanol–water partition coefficient (Wildman–Crippen LogP) is 1.57. The highest BCUT2D eigenvalue weighted by atomic mass is 16.4. The van der Waals surface area contributed by atoms with E-state index in [-0.39, 0.29) is 24.0 Å². The molecule has 6 nitrogen and oxygen atoms in total. The van der Waals surface area contributed by atoms with E-state index >= 15 is 0 Å². The molecule has 0 aromatic carbocycles. The average molecular weight is 299 g/mol. The number of urea groups is 1. The summed E-state index contributed by atoms with van der Waals surface area (Å²) in [4.78, 5) is 29.0. The number of carbonyl (C=O) groups excluding carboxylic acids is 1. The summed E-state index contributed by atoms with van der Waals surface area (Å²) in [6.45, 7) is 13.7. The molecule has 0 saturated carbocycles. The lowest BCUT2D eigenvalue weighted by Gasteiger charge is -2.43. The second-order valence-electron chi connectivity index (χ2n) is 7.10. The van der Waals surface area contributed by atoms with Crippen molar-refractivity contribution in [3.8, 4) is 0 Å². The van der Waals surface area contributed by atoms with E-state index in [1.165, 1.54) is 4.90 Å². The highest BCUT2D eigenvalue weighted by Crippen LogP contribution is 2.16. The molecule has 2 amide bonds. The minimum Gasteiger partial charge on any atom is -0.480 e. The van der Waals surface area contributed by atoms with Crippen molar-refractivity contribution in [3.63, 3.8) is 0 Å². The van der Waals surface area contributed by atoms with E-state index in [1.54, 1.807) is 4.90 Å². The number of piperazine rings is 1. The number of hydrogen-bond acceptors (Lipinski definition) is 3. The lowest BCUT2D eigenvalue weighted by atomic mass is 10.1. The molecule has 6 heteroatoms. The lowest BCUT2D eigenvalue weighted by molar-refractivity contribution is -0.137. The van der Waals surface area contributed by atoms with E-state index in [4.69, 9.17) is 5.11 Å². The van der Waals surface area contributed by atoms with Crippen molar-refractivity contribution in [2.45, 2.75) is 40.2 Å². The molecule has 1 fully saturated rings. The number of hydrogen-bond donors (Lipinski definition) is 1. The number of carboxylic acids is 1. The zero-order valence-electron chi connectivity index (χ0n) is 13.9. The Kier molecular flexibility index (Phi) is 6.01. The molecule has 0 aliphatic carbocycles. The third-order valence-corrected chi connectivity index (χ3v) is 3.68. The molecule has 0 radical (unpaired) electrons. The standard InChI is InChI=1S/C15H29N3O3/c1-12(2)10-17(11-13(19)20)14(21)16-6-8-18(9-7-16)15(3,4)5/h12H,6-11H2,1-5H3,(H,19,20). The van der Waals surface area contributed by atoms with Crippen LogP contribution in [0.4, 0.5) is 4.79 Å². The molecule has 0 aromatic rings. The molecule has 0 bridgehead atoms. The fourth-order valence-corrected chi connectivity index (χ4v) is 2.58. The maximum absolute atomic E-state index is 12.5. The smallest absolute Gasteiger partial charge is 0.323 e. The summed E-state index contributed by atoms with van der Waals surface area (Å²) in [7, 11) is 0. The van der Waals surface area contributed by atoms with Crippen LogP contribution in [-0.4, -0.2) is 76.6 Å². The number of carbonyl (C=O) groups is 2. The van der Waals surface area contributed by atoms with Crippen molar-refractivity contribution < 1.29 is 14.7 Å². The van der Waals surface area contributed by atoms with Gasteiger partial charge in [-0.05, 0) is 26.7 Å². The van der Waals surface area contributed by atoms with E-state index in [9.17, 15) is 9.59 Å². The van der Waals surface area contributed by atoms with Crippen LogP contribution in [0.5, 0.6) is 0 Å². The number of amides is 2. The topological polar surface area (TPSA) is 64.1 Å². The first-order valence-corrected chi connectivity index (χ1v) is 7.62. The van der Waals surface area contributed by atoms with Gasteiger partial charge < -0.3 is 14.9 Å². The molecule has 1 N–H and O–H groups in total. The number of nitrogens with zero attached hydrogens (tertiary/aromatic N) is 3. The van der Waals surface area contributed by atoms with Crippen molar-refractivity contribution in [2.75, 3.05) is 39.3 Å². The van der Waals surface area contributed by atoms with Gasteiger partial charge in [-0.3, -0.25) is 9.69 Å². The predicted molar refractivity (Wildman–Crippen MR) is 82.3 cm³/mol. The molecule has 0 unspecified atom stereocenters. The van der Waals surface area contributed by atoms with E-state index < -0.39 is 5.97 Å². The second kappa shape index (κ2) is 7.11. The molecule has 122 valence electrons. The molecule has 1 saturated heterocycles. The van der Waals surface area contributed by atoms with Crippen LogP contribution < -0.4 is 0 Å². The molecular weight excluding hydrogens is 270 g/mol. The first-order chi connectivity index (χ1) is 9.61. The van der Waals surface area contributed by atoms with E-state index in [0.29, 0.717) is 19.6 Å². The van der Waals surface area contributed by atoms with Gasteiger partial charge in [0.15, 0.2) is 0 Å². The Balaban J connectivity index is 2.62. The highest BCUT2D eigenvalue weighted by molar-refractivity contribution is 5.80. The molecule has 0 atom stereocenters. The summed E-state index contributed by atoms with van der Waals surface area (Å²) in [6, 6.07) is -0.153. The van der Waals surface area contributed by atoms with Gasteiger partial charge in [-0.15, -0.1) is 0 Å². The third kappa shape index (κ3) is 5.53.